The van der Waals surface area contributed by atoms with E-state index in [1.165, 1.54) is 0 Å². The highest BCUT2D eigenvalue weighted by molar-refractivity contribution is 4.88. The highest BCUT2D eigenvalue weighted by atomic mass is 16.3. The van der Waals surface area contributed by atoms with Gasteiger partial charge in [-0.05, 0) is 12.3 Å². The molecule has 0 radical (unpaired) electrons. The van der Waals surface area contributed by atoms with Crippen LogP contribution in [0.5, 0.6) is 0 Å². The predicted octanol–water partition coefficient (Wildman–Crippen LogP) is -0.643. The lowest BCUT2D eigenvalue weighted by molar-refractivity contribution is -0.00366. The van der Waals surface area contributed by atoms with Crippen LogP contribution in [0.25, 0.3) is 0 Å². The fourth-order valence-electron chi connectivity index (χ4n) is 1.55. The van der Waals surface area contributed by atoms with E-state index in [4.69, 9.17) is 5.11 Å². The van der Waals surface area contributed by atoms with E-state index in [-0.39, 0.29) is 18.4 Å². The van der Waals surface area contributed by atoms with Gasteiger partial charge >= 0.3 is 0 Å². The SMILES string of the molecule is C[C@@H]1C[C@H](CO)C(O)[C@@H]1O. The molecule has 3 heteroatoms. The smallest absolute Gasteiger partial charge is 0.0851 e. The maximum atomic E-state index is 9.22. The van der Waals surface area contributed by atoms with E-state index in [9.17, 15) is 10.2 Å². The Kier molecular flexibility index (Phi) is 2.28. The van der Waals surface area contributed by atoms with E-state index in [0.29, 0.717) is 0 Å². The van der Waals surface area contributed by atoms with E-state index in [1.807, 2.05) is 6.92 Å². The van der Waals surface area contributed by atoms with Gasteiger partial charge in [-0.1, -0.05) is 6.92 Å². The Labute approximate surface area is 60.3 Å². The van der Waals surface area contributed by atoms with Crippen LogP contribution < -0.4 is 0 Å². The molecule has 0 bridgehead atoms. The zero-order chi connectivity index (χ0) is 7.72. The molecule has 1 fully saturated rings. The van der Waals surface area contributed by atoms with Crippen molar-refractivity contribution >= 4 is 0 Å². The molecule has 0 amide bonds. The fourth-order valence-corrected chi connectivity index (χ4v) is 1.55. The third kappa shape index (κ3) is 1.17. The van der Waals surface area contributed by atoms with Crippen LogP contribution in [0.1, 0.15) is 13.3 Å². The second kappa shape index (κ2) is 2.86. The molecule has 4 atom stereocenters. The van der Waals surface area contributed by atoms with Crippen LogP contribution >= 0.6 is 0 Å². The third-order valence-corrected chi connectivity index (χ3v) is 2.32. The normalized spacial score (nSPS) is 48.0. The Morgan fingerprint density at radius 1 is 1.30 bits per heavy atom. The molecular weight excluding hydrogens is 132 g/mol. The van der Waals surface area contributed by atoms with E-state index in [2.05, 4.69) is 0 Å². The van der Waals surface area contributed by atoms with Gasteiger partial charge in [0.15, 0.2) is 0 Å². The summed E-state index contributed by atoms with van der Waals surface area (Å²) >= 11 is 0. The van der Waals surface area contributed by atoms with Crippen LogP contribution in [0.3, 0.4) is 0 Å². The molecule has 60 valence electrons. The minimum Gasteiger partial charge on any atom is -0.396 e. The van der Waals surface area contributed by atoms with Crippen molar-refractivity contribution < 1.29 is 15.3 Å². The summed E-state index contributed by atoms with van der Waals surface area (Å²) in [5, 5.41) is 27.1. The minimum atomic E-state index is -0.722. The topological polar surface area (TPSA) is 60.7 Å². The van der Waals surface area contributed by atoms with Crippen LogP contribution in [-0.4, -0.2) is 34.1 Å². The van der Waals surface area contributed by atoms with Gasteiger partial charge in [0, 0.05) is 12.5 Å². The first-order chi connectivity index (χ1) is 4.66. The lowest BCUT2D eigenvalue weighted by atomic mass is 10.1. The summed E-state index contributed by atoms with van der Waals surface area (Å²) in [6, 6.07) is 0. The summed E-state index contributed by atoms with van der Waals surface area (Å²) in [5.41, 5.74) is 0. The first kappa shape index (κ1) is 7.98. The van der Waals surface area contributed by atoms with E-state index in [1.54, 1.807) is 0 Å². The van der Waals surface area contributed by atoms with Gasteiger partial charge in [-0.3, -0.25) is 0 Å². The van der Waals surface area contributed by atoms with Crippen molar-refractivity contribution in [3.05, 3.63) is 0 Å². The Hall–Kier alpha value is -0.120. The molecule has 1 aliphatic carbocycles. The van der Waals surface area contributed by atoms with Gasteiger partial charge in [-0.15, -0.1) is 0 Å². The summed E-state index contributed by atoms with van der Waals surface area (Å²) in [5.74, 6) is -0.00264. The highest BCUT2D eigenvalue weighted by Crippen LogP contribution is 2.30. The molecule has 1 rings (SSSR count). The number of hydrogen-bond donors (Lipinski definition) is 3. The molecule has 0 heterocycles. The monoisotopic (exact) mass is 146 g/mol. The maximum absolute atomic E-state index is 9.22. The lowest BCUT2D eigenvalue weighted by Gasteiger charge is -2.13. The summed E-state index contributed by atoms with van der Waals surface area (Å²) in [7, 11) is 0. The van der Waals surface area contributed by atoms with Gasteiger partial charge in [0.05, 0.1) is 12.2 Å². The number of aliphatic hydroxyl groups is 3. The van der Waals surface area contributed by atoms with Crippen LogP contribution in [0.2, 0.25) is 0 Å². The first-order valence-corrected chi connectivity index (χ1v) is 3.63. The molecular formula is C7H14O3. The van der Waals surface area contributed by atoms with Crippen molar-refractivity contribution in [2.75, 3.05) is 6.61 Å². The van der Waals surface area contributed by atoms with Gasteiger partial charge in [0.25, 0.3) is 0 Å². The lowest BCUT2D eigenvalue weighted by Crippen LogP contribution is -2.28. The van der Waals surface area contributed by atoms with Gasteiger partial charge < -0.3 is 15.3 Å². The zero-order valence-electron chi connectivity index (χ0n) is 6.07. The molecule has 1 aliphatic rings. The molecule has 10 heavy (non-hydrogen) atoms. The van der Waals surface area contributed by atoms with Crippen molar-refractivity contribution in [1.82, 2.24) is 0 Å². The zero-order valence-corrected chi connectivity index (χ0v) is 6.07. The molecule has 3 nitrogen and oxygen atoms in total. The Balaban J connectivity index is 2.53. The highest BCUT2D eigenvalue weighted by Gasteiger charge is 2.38. The molecule has 1 saturated carbocycles. The summed E-state index contributed by atoms with van der Waals surface area (Å²) in [6.07, 6.45) is -0.643. The molecule has 0 aromatic heterocycles. The minimum absolute atomic E-state index is 0.0252. The van der Waals surface area contributed by atoms with Gasteiger partial charge in [0.2, 0.25) is 0 Å². The van der Waals surface area contributed by atoms with Gasteiger partial charge in [-0.25, -0.2) is 0 Å². The van der Waals surface area contributed by atoms with Crippen LogP contribution in [0, 0.1) is 11.8 Å². The van der Waals surface area contributed by atoms with Crippen molar-refractivity contribution in [1.29, 1.82) is 0 Å². The van der Waals surface area contributed by atoms with Crippen molar-refractivity contribution in [2.24, 2.45) is 11.8 Å². The van der Waals surface area contributed by atoms with Crippen molar-refractivity contribution in [2.45, 2.75) is 25.6 Å². The van der Waals surface area contributed by atoms with Crippen LogP contribution in [0.4, 0.5) is 0 Å². The molecule has 1 unspecified atom stereocenters. The molecule has 0 aliphatic heterocycles. The number of rotatable bonds is 1. The molecule has 0 aromatic rings. The molecule has 0 saturated heterocycles. The van der Waals surface area contributed by atoms with Crippen molar-refractivity contribution in [3.8, 4) is 0 Å². The van der Waals surface area contributed by atoms with E-state index < -0.39 is 12.2 Å². The van der Waals surface area contributed by atoms with E-state index in [0.717, 1.165) is 6.42 Å². The third-order valence-electron chi connectivity index (χ3n) is 2.32. The van der Waals surface area contributed by atoms with Crippen molar-refractivity contribution in [3.63, 3.8) is 0 Å². The largest absolute Gasteiger partial charge is 0.396 e. The Morgan fingerprint density at radius 3 is 2.10 bits per heavy atom. The standard InChI is InChI=1S/C7H14O3/c1-4-2-5(3-8)7(10)6(4)9/h4-10H,2-3H2,1H3/t4-,5-,6-,7?/m1/s1. The Bertz CT molecular complexity index is 115. The second-order valence-corrected chi connectivity index (χ2v) is 3.14. The molecule has 0 spiro atoms. The fraction of sp³-hybridized carbons (Fsp3) is 1.00. The second-order valence-electron chi connectivity index (χ2n) is 3.14. The maximum Gasteiger partial charge on any atom is 0.0851 e. The first-order valence-electron chi connectivity index (χ1n) is 3.63. The Morgan fingerprint density at radius 2 is 1.90 bits per heavy atom. The quantitative estimate of drug-likeness (QED) is 0.461. The summed E-state index contributed by atoms with van der Waals surface area (Å²) in [4.78, 5) is 0. The predicted molar refractivity (Wildman–Crippen MR) is 36.4 cm³/mol. The van der Waals surface area contributed by atoms with Crippen LogP contribution in [0.15, 0.2) is 0 Å². The average molecular weight is 146 g/mol. The van der Waals surface area contributed by atoms with E-state index >= 15 is 0 Å². The summed E-state index contributed by atoms with van der Waals surface area (Å²) in [6.45, 7) is 1.85. The van der Waals surface area contributed by atoms with Gasteiger partial charge in [-0.2, -0.15) is 0 Å². The average Bonchev–Trinajstić information content (AvgIpc) is 2.17. The van der Waals surface area contributed by atoms with Crippen LogP contribution in [-0.2, 0) is 0 Å². The number of aliphatic hydroxyl groups excluding tert-OH is 3. The summed E-state index contributed by atoms with van der Waals surface area (Å²) < 4.78 is 0. The number of hydrogen-bond acceptors (Lipinski definition) is 3. The van der Waals surface area contributed by atoms with Gasteiger partial charge in [0.1, 0.15) is 0 Å². The molecule has 0 aromatic carbocycles. The molecule has 3 N–H and O–H groups in total.